The van der Waals surface area contributed by atoms with Gasteiger partial charge in [-0.2, -0.15) is 0 Å². The SMILES string of the molecule is Cc1ccc(C)c(C=N[S+]([O-])C(C)(C)C)c1. The summed E-state index contributed by atoms with van der Waals surface area (Å²) in [5, 5.41) is 0. The van der Waals surface area contributed by atoms with Gasteiger partial charge in [-0.15, -0.1) is 0 Å². The number of rotatable bonds is 2. The molecule has 0 saturated heterocycles. The molecular weight excluding hydrogens is 218 g/mol. The molecule has 88 valence electrons. The summed E-state index contributed by atoms with van der Waals surface area (Å²) >= 11 is -1.18. The largest absolute Gasteiger partial charge is 0.591 e. The van der Waals surface area contributed by atoms with E-state index < -0.39 is 11.4 Å². The molecule has 1 aromatic carbocycles. The van der Waals surface area contributed by atoms with Crippen molar-refractivity contribution in [2.75, 3.05) is 0 Å². The average molecular weight is 237 g/mol. The van der Waals surface area contributed by atoms with E-state index in [0.717, 1.165) is 11.1 Å². The van der Waals surface area contributed by atoms with Gasteiger partial charge in [0.1, 0.15) is 16.1 Å². The van der Waals surface area contributed by atoms with Crippen LogP contribution >= 0.6 is 0 Å². The zero-order valence-corrected chi connectivity index (χ0v) is 11.4. The summed E-state index contributed by atoms with van der Waals surface area (Å²) in [6, 6.07) is 6.17. The van der Waals surface area contributed by atoms with Gasteiger partial charge in [0.2, 0.25) is 0 Å². The summed E-state index contributed by atoms with van der Waals surface area (Å²) in [5.74, 6) is 0. The minimum absolute atomic E-state index is 0.297. The van der Waals surface area contributed by atoms with Crippen molar-refractivity contribution < 1.29 is 4.55 Å². The molecule has 0 heterocycles. The van der Waals surface area contributed by atoms with Crippen LogP contribution in [0.5, 0.6) is 0 Å². The lowest BCUT2D eigenvalue weighted by Gasteiger charge is -2.17. The monoisotopic (exact) mass is 237 g/mol. The van der Waals surface area contributed by atoms with Gasteiger partial charge in [0, 0.05) is 5.56 Å². The highest BCUT2D eigenvalue weighted by atomic mass is 32.2. The normalized spacial score (nSPS) is 14.4. The number of hydrogen-bond donors (Lipinski definition) is 0. The number of nitrogens with zero attached hydrogens (tertiary/aromatic N) is 1. The zero-order valence-electron chi connectivity index (χ0n) is 10.6. The van der Waals surface area contributed by atoms with Crippen LogP contribution in [0.2, 0.25) is 0 Å². The summed E-state index contributed by atoms with van der Waals surface area (Å²) in [5.41, 5.74) is 3.38. The molecule has 16 heavy (non-hydrogen) atoms. The van der Waals surface area contributed by atoms with Crippen LogP contribution in [0, 0.1) is 13.8 Å². The maximum Gasteiger partial charge on any atom is 0.144 e. The van der Waals surface area contributed by atoms with Crippen molar-refractivity contribution >= 4 is 17.6 Å². The first-order chi connectivity index (χ1) is 7.30. The first kappa shape index (κ1) is 13.3. The Hall–Kier alpha value is -0.800. The molecular formula is C13H19NOS. The van der Waals surface area contributed by atoms with Crippen LogP contribution in [0.25, 0.3) is 0 Å². The fourth-order valence-corrected chi connectivity index (χ4v) is 1.69. The Morgan fingerprint density at radius 1 is 1.25 bits per heavy atom. The van der Waals surface area contributed by atoms with E-state index in [-0.39, 0.29) is 4.75 Å². The average Bonchev–Trinajstić information content (AvgIpc) is 2.17. The second-order valence-electron chi connectivity index (χ2n) is 4.96. The number of hydrogen-bond acceptors (Lipinski definition) is 2. The van der Waals surface area contributed by atoms with Crippen molar-refractivity contribution in [3.05, 3.63) is 34.9 Å². The minimum atomic E-state index is -1.18. The first-order valence-electron chi connectivity index (χ1n) is 5.34. The summed E-state index contributed by atoms with van der Waals surface area (Å²) in [4.78, 5) is 0. The van der Waals surface area contributed by atoms with E-state index in [9.17, 15) is 4.55 Å². The van der Waals surface area contributed by atoms with Gasteiger partial charge < -0.3 is 4.55 Å². The van der Waals surface area contributed by atoms with Gasteiger partial charge in [0.15, 0.2) is 0 Å². The van der Waals surface area contributed by atoms with Crippen LogP contribution in [-0.2, 0) is 11.4 Å². The van der Waals surface area contributed by atoms with Gasteiger partial charge in [-0.3, -0.25) is 0 Å². The molecule has 0 N–H and O–H groups in total. The summed E-state index contributed by atoms with van der Waals surface area (Å²) in [6.45, 7) is 9.83. The molecule has 0 aliphatic carbocycles. The predicted octanol–water partition coefficient (Wildman–Crippen LogP) is 3.18. The third-order valence-electron chi connectivity index (χ3n) is 2.25. The molecule has 0 aromatic heterocycles. The lowest BCUT2D eigenvalue weighted by atomic mass is 10.1. The van der Waals surface area contributed by atoms with Crippen molar-refractivity contribution in [2.45, 2.75) is 39.4 Å². The Morgan fingerprint density at radius 2 is 1.88 bits per heavy atom. The van der Waals surface area contributed by atoms with E-state index in [1.807, 2.05) is 34.6 Å². The van der Waals surface area contributed by atoms with E-state index >= 15 is 0 Å². The van der Waals surface area contributed by atoms with Gasteiger partial charge in [-0.25, -0.2) is 0 Å². The summed E-state index contributed by atoms with van der Waals surface area (Å²) in [7, 11) is 0. The Balaban J connectivity index is 2.88. The van der Waals surface area contributed by atoms with E-state index in [4.69, 9.17) is 0 Å². The highest BCUT2D eigenvalue weighted by molar-refractivity contribution is 7.91. The molecule has 1 atom stereocenters. The lowest BCUT2D eigenvalue weighted by Crippen LogP contribution is -2.25. The molecule has 1 aromatic rings. The molecule has 1 rings (SSSR count). The fourth-order valence-electron chi connectivity index (χ4n) is 1.16. The van der Waals surface area contributed by atoms with Gasteiger partial charge in [0.05, 0.1) is 6.21 Å². The Labute approximate surface area is 101 Å². The van der Waals surface area contributed by atoms with Crippen molar-refractivity contribution in [3.8, 4) is 0 Å². The predicted molar refractivity (Wildman–Crippen MR) is 71.4 cm³/mol. The van der Waals surface area contributed by atoms with Gasteiger partial charge >= 0.3 is 0 Å². The molecule has 0 amide bonds. The third-order valence-corrected chi connectivity index (χ3v) is 3.59. The van der Waals surface area contributed by atoms with Crippen LogP contribution in [0.3, 0.4) is 0 Å². The lowest BCUT2D eigenvalue weighted by molar-refractivity contribution is 0.562. The van der Waals surface area contributed by atoms with Crippen molar-refractivity contribution in [2.24, 2.45) is 4.40 Å². The topological polar surface area (TPSA) is 35.4 Å². The third kappa shape index (κ3) is 3.65. The van der Waals surface area contributed by atoms with E-state index in [1.54, 1.807) is 6.21 Å². The van der Waals surface area contributed by atoms with Gasteiger partial charge in [-0.1, -0.05) is 28.2 Å². The number of benzene rings is 1. The van der Waals surface area contributed by atoms with Crippen molar-refractivity contribution in [1.82, 2.24) is 0 Å². The van der Waals surface area contributed by atoms with E-state index in [0.29, 0.717) is 0 Å². The maximum absolute atomic E-state index is 11.7. The Morgan fingerprint density at radius 3 is 2.44 bits per heavy atom. The molecule has 0 bridgehead atoms. The second-order valence-corrected chi connectivity index (χ2v) is 6.89. The van der Waals surface area contributed by atoms with Gasteiger partial charge in [-0.05, 0) is 40.2 Å². The van der Waals surface area contributed by atoms with Crippen LogP contribution in [0.1, 0.15) is 37.5 Å². The van der Waals surface area contributed by atoms with Crippen LogP contribution in [0.4, 0.5) is 0 Å². The van der Waals surface area contributed by atoms with Crippen LogP contribution in [-0.4, -0.2) is 15.5 Å². The van der Waals surface area contributed by atoms with Crippen molar-refractivity contribution in [1.29, 1.82) is 0 Å². The highest BCUT2D eigenvalue weighted by Crippen LogP contribution is 2.17. The van der Waals surface area contributed by atoms with Crippen molar-refractivity contribution in [3.63, 3.8) is 0 Å². The van der Waals surface area contributed by atoms with Crippen LogP contribution < -0.4 is 0 Å². The number of aryl methyl sites for hydroxylation is 2. The summed E-state index contributed by atoms with van der Waals surface area (Å²) < 4.78 is 15.6. The maximum atomic E-state index is 11.7. The Kier molecular flexibility index (Phi) is 4.16. The molecule has 2 nitrogen and oxygen atoms in total. The molecule has 0 fully saturated rings. The molecule has 0 spiro atoms. The fraction of sp³-hybridized carbons (Fsp3) is 0.462. The van der Waals surface area contributed by atoms with Gasteiger partial charge in [0.25, 0.3) is 0 Å². The summed E-state index contributed by atoms with van der Waals surface area (Å²) in [6.07, 6.45) is 1.71. The molecule has 0 aliphatic heterocycles. The minimum Gasteiger partial charge on any atom is -0.591 e. The zero-order chi connectivity index (χ0) is 12.3. The molecule has 3 heteroatoms. The van der Waals surface area contributed by atoms with E-state index in [1.165, 1.54) is 5.56 Å². The standard InChI is InChI=1S/C13H19NOS/c1-10-6-7-11(2)12(8-10)9-14-16(15)13(3,4)5/h6-9H,1-5H3. The molecule has 0 saturated carbocycles. The molecule has 0 radical (unpaired) electrons. The van der Waals surface area contributed by atoms with E-state index in [2.05, 4.69) is 22.6 Å². The van der Waals surface area contributed by atoms with Crippen LogP contribution in [0.15, 0.2) is 22.6 Å². The Bertz CT molecular complexity index is 393. The quantitative estimate of drug-likeness (QED) is 0.574. The molecule has 0 aliphatic rings. The second kappa shape index (κ2) is 5.02. The first-order valence-corrected chi connectivity index (χ1v) is 6.45. The smallest absolute Gasteiger partial charge is 0.144 e. The molecule has 1 unspecified atom stereocenters. The highest BCUT2D eigenvalue weighted by Gasteiger charge is 2.25.